The zero-order valence-electron chi connectivity index (χ0n) is 15.2. The van der Waals surface area contributed by atoms with Crippen molar-refractivity contribution in [1.29, 1.82) is 0 Å². The van der Waals surface area contributed by atoms with Crippen LogP contribution in [0.25, 0.3) is 0 Å². The molecule has 2 aromatic heterocycles. The molecule has 3 heterocycles. The number of hydrogen-bond acceptors (Lipinski definition) is 5. The van der Waals surface area contributed by atoms with Gasteiger partial charge in [-0.3, -0.25) is 4.98 Å². The fourth-order valence-electron chi connectivity index (χ4n) is 2.84. The molecule has 2 N–H and O–H groups in total. The average Bonchev–Trinajstić information content (AvgIpc) is 3.01. The van der Waals surface area contributed by atoms with Crippen LogP contribution in [0.15, 0.2) is 29.5 Å². The van der Waals surface area contributed by atoms with Crippen molar-refractivity contribution in [3.63, 3.8) is 0 Å². The molecule has 0 spiro atoms. The lowest BCUT2D eigenvalue weighted by Crippen LogP contribution is -2.41. The molecule has 1 unspecified atom stereocenters. The van der Waals surface area contributed by atoms with Gasteiger partial charge in [0, 0.05) is 19.3 Å². The van der Waals surface area contributed by atoms with Crippen LogP contribution in [0.4, 0.5) is 0 Å². The number of guanidine groups is 1. The monoisotopic (exact) mass is 471 g/mol. The SMILES string of the molecule is CCNC(=NCCOc1cccnc1)NC1CCCn2nc(C)nc21.I. The van der Waals surface area contributed by atoms with Gasteiger partial charge in [0.05, 0.1) is 18.8 Å². The lowest BCUT2D eigenvalue weighted by Gasteiger charge is -2.25. The van der Waals surface area contributed by atoms with Crippen molar-refractivity contribution in [3.8, 4) is 5.75 Å². The molecule has 0 fully saturated rings. The van der Waals surface area contributed by atoms with Gasteiger partial charge in [0.25, 0.3) is 0 Å². The molecule has 0 bridgehead atoms. The fraction of sp³-hybridized carbons (Fsp3) is 0.529. The summed E-state index contributed by atoms with van der Waals surface area (Å²) in [6.45, 7) is 6.77. The molecular formula is C17H26IN7O. The van der Waals surface area contributed by atoms with Gasteiger partial charge in [0.15, 0.2) is 5.96 Å². The Morgan fingerprint density at radius 2 is 2.35 bits per heavy atom. The number of nitrogens with one attached hydrogen (secondary N) is 2. The number of pyridine rings is 1. The molecule has 0 amide bonds. The Labute approximate surface area is 170 Å². The maximum atomic E-state index is 5.63. The van der Waals surface area contributed by atoms with Crippen LogP contribution in [-0.2, 0) is 6.54 Å². The first-order valence-corrected chi connectivity index (χ1v) is 8.75. The third-order valence-electron chi connectivity index (χ3n) is 3.90. The molecule has 0 radical (unpaired) electrons. The van der Waals surface area contributed by atoms with Gasteiger partial charge in [-0.2, -0.15) is 5.10 Å². The van der Waals surface area contributed by atoms with Gasteiger partial charge in [-0.05, 0) is 38.8 Å². The molecule has 3 rings (SSSR count). The van der Waals surface area contributed by atoms with Crippen LogP contribution in [0.1, 0.15) is 37.5 Å². The number of fused-ring (bicyclic) bond motifs is 1. The first kappa shape index (κ1) is 20.4. The van der Waals surface area contributed by atoms with E-state index in [0.717, 1.165) is 49.3 Å². The number of rotatable bonds is 6. The van der Waals surface area contributed by atoms with E-state index >= 15 is 0 Å². The smallest absolute Gasteiger partial charge is 0.191 e. The second-order valence-electron chi connectivity index (χ2n) is 5.88. The van der Waals surface area contributed by atoms with Crippen molar-refractivity contribution in [2.24, 2.45) is 4.99 Å². The molecule has 1 aliphatic heterocycles. The maximum absolute atomic E-state index is 5.63. The van der Waals surface area contributed by atoms with Gasteiger partial charge in [0.1, 0.15) is 24.0 Å². The van der Waals surface area contributed by atoms with Gasteiger partial charge >= 0.3 is 0 Å². The Morgan fingerprint density at radius 3 is 3.12 bits per heavy atom. The lowest BCUT2D eigenvalue weighted by molar-refractivity contribution is 0.327. The van der Waals surface area contributed by atoms with Crippen molar-refractivity contribution < 1.29 is 4.74 Å². The minimum absolute atomic E-state index is 0. The highest BCUT2D eigenvalue weighted by molar-refractivity contribution is 14.0. The van der Waals surface area contributed by atoms with Crippen LogP contribution in [0.2, 0.25) is 0 Å². The normalized spacial score (nSPS) is 16.4. The molecule has 2 aromatic rings. The molecule has 1 aliphatic rings. The molecular weight excluding hydrogens is 445 g/mol. The minimum Gasteiger partial charge on any atom is -0.490 e. The standard InChI is InChI=1S/C17H25N7O.HI/c1-3-19-17(20-9-11-25-14-6-4-8-18-12-14)22-15-7-5-10-24-16(15)21-13(2)23-24;/h4,6,8,12,15H,3,5,7,9-11H2,1-2H3,(H2,19,20,22);1H. The van der Waals surface area contributed by atoms with Gasteiger partial charge < -0.3 is 15.4 Å². The summed E-state index contributed by atoms with van der Waals surface area (Å²) < 4.78 is 7.62. The summed E-state index contributed by atoms with van der Waals surface area (Å²) in [4.78, 5) is 13.2. The molecule has 142 valence electrons. The summed E-state index contributed by atoms with van der Waals surface area (Å²) in [6.07, 6.45) is 5.53. The first-order valence-electron chi connectivity index (χ1n) is 8.75. The summed E-state index contributed by atoms with van der Waals surface area (Å²) in [5.41, 5.74) is 0. The maximum Gasteiger partial charge on any atom is 0.191 e. The Kier molecular flexibility index (Phi) is 8.07. The second kappa shape index (κ2) is 10.3. The number of aryl methyl sites for hydroxylation is 2. The van der Waals surface area contributed by atoms with Crippen LogP contribution in [0, 0.1) is 6.92 Å². The van der Waals surface area contributed by atoms with E-state index in [2.05, 4.69) is 37.6 Å². The minimum atomic E-state index is 0. The number of halogens is 1. The van der Waals surface area contributed by atoms with Gasteiger partial charge in [-0.1, -0.05) is 0 Å². The molecule has 9 heteroatoms. The summed E-state index contributed by atoms with van der Waals surface area (Å²) in [6, 6.07) is 3.87. The zero-order chi connectivity index (χ0) is 17.5. The van der Waals surface area contributed by atoms with Gasteiger partial charge in [-0.15, -0.1) is 24.0 Å². The number of aliphatic imine (C=N–C) groups is 1. The third kappa shape index (κ3) is 5.55. The van der Waals surface area contributed by atoms with E-state index in [9.17, 15) is 0 Å². The highest BCUT2D eigenvalue weighted by Crippen LogP contribution is 2.22. The summed E-state index contributed by atoms with van der Waals surface area (Å²) >= 11 is 0. The molecule has 0 saturated heterocycles. The van der Waals surface area contributed by atoms with Crippen molar-refractivity contribution in [3.05, 3.63) is 36.2 Å². The van der Waals surface area contributed by atoms with Gasteiger partial charge in [-0.25, -0.2) is 14.7 Å². The summed E-state index contributed by atoms with van der Waals surface area (Å²) in [7, 11) is 0. The topological polar surface area (TPSA) is 89.3 Å². The summed E-state index contributed by atoms with van der Waals surface area (Å²) in [5.74, 6) is 3.33. The number of ether oxygens (including phenoxy) is 1. The molecule has 8 nitrogen and oxygen atoms in total. The second-order valence-corrected chi connectivity index (χ2v) is 5.88. The van der Waals surface area contributed by atoms with Crippen LogP contribution >= 0.6 is 24.0 Å². The van der Waals surface area contributed by atoms with E-state index in [1.807, 2.05) is 23.7 Å². The van der Waals surface area contributed by atoms with Crippen LogP contribution in [0.3, 0.4) is 0 Å². The Bertz CT molecular complexity index is 704. The first-order chi connectivity index (χ1) is 12.3. The predicted octanol–water partition coefficient (Wildman–Crippen LogP) is 2.07. The molecule has 26 heavy (non-hydrogen) atoms. The molecule has 0 aromatic carbocycles. The third-order valence-corrected chi connectivity index (χ3v) is 3.90. The van der Waals surface area contributed by atoms with E-state index in [-0.39, 0.29) is 30.0 Å². The average molecular weight is 471 g/mol. The molecule has 1 atom stereocenters. The van der Waals surface area contributed by atoms with E-state index < -0.39 is 0 Å². The van der Waals surface area contributed by atoms with Crippen molar-refractivity contribution >= 4 is 29.9 Å². The number of hydrogen-bond donors (Lipinski definition) is 2. The molecule has 0 aliphatic carbocycles. The van der Waals surface area contributed by atoms with Crippen LogP contribution in [-0.4, -0.2) is 45.4 Å². The molecule has 0 saturated carbocycles. The van der Waals surface area contributed by atoms with Gasteiger partial charge in [0.2, 0.25) is 0 Å². The van der Waals surface area contributed by atoms with Crippen molar-refractivity contribution in [1.82, 2.24) is 30.4 Å². The number of nitrogens with zero attached hydrogens (tertiary/aromatic N) is 5. The van der Waals surface area contributed by atoms with E-state index in [4.69, 9.17) is 4.74 Å². The van der Waals surface area contributed by atoms with E-state index in [0.29, 0.717) is 13.2 Å². The number of aromatic nitrogens is 4. The fourth-order valence-corrected chi connectivity index (χ4v) is 2.84. The van der Waals surface area contributed by atoms with Crippen LogP contribution in [0.5, 0.6) is 5.75 Å². The van der Waals surface area contributed by atoms with E-state index in [1.165, 1.54) is 0 Å². The highest BCUT2D eigenvalue weighted by Gasteiger charge is 2.24. The van der Waals surface area contributed by atoms with Crippen LogP contribution < -0.4 is 15.4 Å². The van der Waals surface area contributed by atoms with E-state index in [1.54, 1.807) is 12.4 Å². The Morgan fingerprint density at radius 1 is 1.46 bits per heavy atom. The van der Waals surface area contributed by atoms with Crippen molar-refractivity contribution in [2.75, 3.05) is 19.7 Å². The summed E-state index contributed by atoms with van der Waals surface area (Å²) in [5, 5.41) is 11.2. The zero-order valence-corrected chi connectivity index (χ0v) is 17.5. The largest absolute Gasteiger partial charge is 0.490 e. The van der Waals surface area contributed by atoms with Crippen molar-refractivity contribution in [2.45, 2.75) is 39.3 Å². The lowest BCUT2D eigenvalue weighted by atomic mass is 10.1. The predicted molar refractivity (Wildman–Crippen MR) is 111 cm³/mol. The Balaban J connectivity index is 0.00000243. The quantitative estimate of drug-likeness (QED) is 0.290. The Hall–Kier alpha value is -1.91. The highest BCUT2D eigenvalue weighted by atomic mass is 127.